The van der Waals surface area contributed by atoms with Crippen LogP contribution < -0.4 is 4.74 Å². The summed E-state index contributed by atoms with van der Waals surface area (Å²) in [5.74, 6) is 2.07. The Kier molecular flexibility index (Phi) is 7.16. The SMILES string of the molecule is Cc1cc(OCCCCn2c(C(C)N3CCN(C)CC3)nc3ccccc32)ccc1Cl. The van der Waals surface area contributed by atoms with Crippen LogP contribution in [-0.4, -0.2) is 59.2 Å². The Bertz CT molecular complexity index is 1010. The lowest BCUT2D eigenvalue weighted by Gasteiger charge is -2.36. The highest BCUT2D eigenvalue weighted by atomic mass is 35.5. The van der Waals surface area contributed by atoms with E-state index >= 15 is 0 Å². The zero-order valence-electron chi connectivity index (χ0n) is 18.9. The number of ether oxygens (including phenoxy) is 1. The van der Waals surface area contributed by atoms with Crippen LogP contribution in [0.15, 0.2) is 42.5 Å². The van der Waals surface area contributed by atoms with E-state index in [0.29, 0.717) is 12.6 Å². The number of hydrogen-bond acceptors (Lipinski definition) is 4. The normalized spacial score (nSPS) is 16.6. The predicted molar refractivity (Wildman–Crippen MR) is 128 cm³/mol. The summed E-state index contributed by atoms with van der Waals surface area (Å²) < 4.78 is 8.36. The molecule has 1 aliphatic heterocycles. The molecule has 0 N–H and O–H groups in total. The molecule has 3 aromatic rings. The second-order valence-corrected chi connectivity index (χ2v) is 9.00. The summed E-state index contributed by atoms with van der Waals surface area (Å²) in [5.41, 5.74) is 3.37. The molecule has 1 unspecified atom stereocenters. The molecule has 0 radical (unpaired) electrons. The van der Waals surface area contributed by atoms with E-state index in [-0.39, 0.29) is 0 Å². The number of unbranched alkanes of at least 4 members (excludes halogenated alkanes) is 1. The van der Waals surface area contributed by atoms with Crippen molar-refractivity contribution in [1.29, 1.82) is 0 Å². The molecular formula is C25H33ClN4O. The second kappa shape index (κ2) is 10.0. The van der Waals surface area contributed by atoms with Gasteiger partial charge in [0.25, 0.3) is 0 Å². The smallest absolute Gasteiger partial charge is 0.127 e. The zero-order chi connectivity index (χ0) is 21.8. The molecule has 0 amide bonds. The number of aryl methyl sites for hydroxylation is 2. The van der Waals surface area contributed by atoms with Crippen molar-refractivity contribution in [3.05, 3.63) is 58.9 Å². The molecule has 6 heteroatoms. The lowest BCUT2D eigenvalue weighted by molar-refractivity contribution is 0.113. The van der Waals surface area contributed by atoms with Gasteiger partial charge in [0.2, 0.25) is 0 Å². The molecular weight excluding hydrogens is 408 g/mol. The largest absolute Gasteiger partial charge is 0.494 e. The minimum Gasteiger partial charge on any atom is -0.494 e. The van der Waals surface area contributed by atoms with Crippen LogP contribution in [-0.2, 0) is 6.54 Å². The lowest BCUT2D eigenvalue weighted by atomic mass is 10.2. The van der Waals surface area contributed by atoms with Gasteiger partial charge in [0, 0.05) is 37.7 Å². The number of para-hydroxylation sites is 2. The summed E-state index contributed by atoms with van der Waals surface area (Å²) in [7, 11) is 2.20. The van der Waals surface area contributed by atoms with Gasteiger partial charge in [-0.15, -0.1) is 0 Å². The van der Waals surface area contributed by atoms with Crippen LogP contribution in [0.4, 0.5) is 0 Å². The minimum absolute atomic E-state index is 0.314. The van der Waals surface area contributed by atoms with Crippen LogP contribution in [0.5, 0.6) is 5.75 Å². The van der Waals surface area contributed by atoms with E-state index in [2.05, 4.69) is 52.6 Å². The first-order chi connectivity index (χ1) is 15.0. The maximum Gasteiger partial charge on any atom is 0.127 e. The summed E-state index contributed by atoms with van der Waals surface area (Å²) in [6, 6.07) is 14.6. The Morgan fingerprint density at radius 2 is 1.84 bits per heavy atom. The van der Waals surface area contributed by atoms with Gasteiger partial charge in [-0.1, -0.05) is 23.7 Å². The van der Waals surface area contributed by atoms with Crippen LogP contribution in [0.1, 0.15) is 37.2 Å². The first-order valence-electron chi connectivity index (χ1n) is 11.3. The topological polar surface area (TPSA) is 33.5 Å². The van der Waals surface area contributed by atoms with Gasteiger partial charge in [-0.05, 0) is 69.6 Å². The monoisotopic (exact) mass is 440 g/mol. The summed E-state index contributed by atoms with van der Waals surface area (Å²) in [6.45, 7) is 10.4. The highest BCUT2D eigenvalue weighted by Gasteiger charge is 2.24. The van der Waals surface area contributed by atoms with Gasteiger partial charge in [-0.2, -0.15) is 0 Å². The maximum absolute atomic E-state index is 6.10. The first kappa shape index (κ1) is 22.1. The molecule has 2 heterocycles. The molecule has 1 fully saturated rings. The van der Waals surface area contributed by atoms with E-state index in [1.807, 2.05) is 25.1 Å². The van der Waals surface area contributed by atoms with Crippen molar-refractivity contribution in [2.75, 3.05) is 39.8 Å². The van der Waals surface area contributed by atoms with Crippen LogP contribution in [0.2, 0.25) is 5.02 Å². The Hall–Kier alpha value is -2.08. The van der Waals surface area contributed by atoms with Crippen LogP contribution in [0, 0.1) is 6.92 Å². The lowest BCUT2D eigenvalue weighted by Crippen LogP contribution is -2.45. The second-order valence-electron chi connectivity index (χ2n) is 8.59. The molecule has 31 heavy (non-hydrogen) atoms. The molecule has 1 aromatic heterocycles. The van der Waals surface area contributed by atoms with Crippen molar-refractivity contribution >= 4 is 22.6 Å². The van der Waals surface area contributed by atoms with E-state index in [0.717, 1.165) is 67.4 Å². The van der Waals surface area contributed by atoms with E-state index in [1.165, 1.54) is 11.3 Å². The first-order valence-corrected chi connectivity index (χ1v) is 11.7. The Morgan fingerprint density at radius 1 is 1.06 bits per heavy atom. The van der Waals surface area contributed by atoms with Gasteiger partial charge in [0.05, 0.1) is 23.7 Å². The Morgan fingerprint density at radius 3 is 2.61 bits per heavy atom. The van der Waals surface area contributed by atoms with Crippen molar-refractivity contribution in [2.45, 2.75) is 39.3 Å². The molecule has 0 aliphatic carbocycles. The molecule has 0 bridgehead atoms. The highest BCUT2D eigenvalue weighted by Crippen LogP contribution is 2.26. The average Bonchev–Trinajstić information content (AvgIpc) is 3.14. The number of halogens is 1. The van der Waals surface area contributed by atoms with Crippen molar-refractivity contribution in [3.63, 3.8) is 0 Å². The number of nitrogens with zero attached hydrogens (tertiary/aromatic N) is 4. The van der Waals surface area contributed by atoms with Gasteiger partial charge >= 0.3 is 0 Å². The highest BCUT2D eigenvalue weighted by molar-refractivity contribution is 6.31. The quantitative estimate of drug-likeness (QED) is 0.453. The van der Waals surface area contributed by atoms with Gasteiger partial charge < -0.3 is 14.2 Å². The summed E-state index contributed by atoms with van der Waals surface area (Å²) in [4.78, 5) is 9.99. The molecule has 0 saturated carbocycles. The van der Waals surface area contributed by atoms with Gasteiger partial charge in [0.15, 0.2) is 0 Å². The average molecular weight is 441 g/mol. The van der Waals surface area contributed by atoms with Gasteiger partial charge in [-0.3, -0.25) is 4.90 Å². The van der Waals surface area contributed by atoms with Gasteiger partial charge in [0.1, 0.15) is 11.6 Å². The standard InChI is InChI=1S/C25H33ClN4O/c1-19-18-21(10-11-22(19)26)31-17-7-6-12-30-24-9-5-4-8-23(24)27-25(30)20(2)29-15-13-28(3)14-16-29/h4-5,8-11,18,20H,6-7,12-17H2,1-3H3. The third-order valence-corrected chi connectivity index (χ3v) is 6.74. The van der Waals surface area contributed by atoms with Gasteiger partial charge in [-0.25, -0.2) is 4.98 Å². The number of imidazole rings is 1. The number of rotatable bonds is 8. The number of fused-ring (bicyclic) bond motifs is 1. The molecule has 2 aromatic carbocycles. The summed E-state index contributed by atoms with van der Waals surface area (Å²) >= 11 is 6.10. The van der Waals surface area contributed by atoms with E-state index in [9.17, 15) is 0 Å². The molecule has 1 saturated heterocycles. The van der Waals surface area contributed by atoms with Crippen molar-refractivity contribution in [2.24, 2.45) is 0 Å². The summed E-state index contributed by atoms with van der Waals surface area (Å²) in [6.07, 6.45) is 2.05. The number of likely N-dealkylation sites (N-methyl/N-ethyl adjacent to an activating group) is 1. The Labute approximate surface area is 190 Å². The third kappa shape index (κ3) is 5.22. The zero-order valence-corrected chi connectivity index (χ0v) is 19.6. The number of aromatic nitrogens is 2. The number of piperazine rings is 1. The van der Waals surface area contributed by atoms with E-state index in [4.69, 9.17) is 21.3 Å². The fourth-order valence-electron chi connectivity index (χ4n) is 4.29. The summed E-state index contributed by atoms with van der Waals surface area (Å²) in [5, 5.41) is 0.779. The fourth-order valence-corrected chi connectivity index (χ4v) is 4.41. The van der Waals surface area contributed by atoms with E-state index < -0.39 is 0 Å². The third-order valence-electron chi connectivity index (χ3n) is 6.32. The molecule has 5 nitrogen and oxygen atoms in total. The number of benzene rings is 2. The molecule has 0 spiro atoms. The molecule has 4 rings (SSSR count). The minimum atomic E-state index is 0.314. The Balaban J connectivity index is 1.40. The van der Waals surface area contributed by atoms with E-state index in [1.54, 1.807) is 0 Å². The maximum atomic E-state index is 6.10. The van der Waals surface area contributed by atoms with Crippen LogP contribution in [0.25, 0.3) is 11.0 Å². The van der Waals surface area contributed by atoms with Crippen LogP contribution in [0.3, 0.4) is 0 Å². The number of hydrogen-bond donors (Lipinski definition) is 0. The van der Waals surface area contributed by atoms with Crippen molar-refractivity contribution in [1.82, 2.24) is 19.4 Å². The predicted octanol–water partition coefficient (Wildman–Crippen LogP) is 5.17. The fraction of sp³-hybridized carbons (Fsp3) is 0.480. The van der Waals surface area contributed by atoms with Crippen molar-refractivity contribution in [3.8, 4) is 5.75 Å². The molecule has 1 aliphatic rings. The molecule has 166 valence electrons. The molecule has 1 atom stereocenters. The van der Waals surface area contributed by atoms with Crippen molar-refractivity contribution < 1.29 is 4.74 Å². The van der Waals surface area contributed by atoms with Crippen LogP contribution >= 0.6 is 11.6 Å².